The summed E-state index contributed by atoms with van der Waals surface area (Å²) in [5.41, 5.74) is 7.22. The number of hydrogen-bond acceptors (Lipinski definition) is 5. The van der Waals surface area contributed by atoms with Gasteiger partial charge in [-0.1, -0.05) is 12.1 Å². The first-order valence-electron chi connectivity index (χ1n) is 10.6. The summed E-state index contributed by atoms with van der Waals surface area (Å²) in [6.45, 7) is 3.30. The van der Waals surface area contributed by atoms with E-state index in [1.165, 1.54) is 11.3 Å². The van der Waals surface area contributed by atoms with E-state index >= 15 is 0 Å². The highest BCUT2D eigenvalue weighted by Gasteiger charge is 2.23. The molecule has 9 heteroatoms. The molecule has 2 aromatic rings. The van der Waals surface area contributed by atoms with Crippen LogP contribution in [0.25, 0.3) is 10.4 Å². The largest absolute Gasteiger partial charge is 0.351 e. The first kappa shape index (κ1) is 21.3. The molecule has 3 heterocycles. The van der Waals surface area contributed by atoms with Gasteiger partial charge in [-0.2, -0.15) is 0 Å². The van der Waals surface area contributed by atoms with Crippen LogP contribution in [0.1, 0.15) is 46.4 Å². The van der Waals surface area contributed by atoms with E-state index in [0.717, 1.165) is 62.3 Å². The van der Waals surface area contributed by atoms with Crippen LogP contribution in [0.2, 0.25) is 0 Å². The molecule has 2 aliphatic heterocycles. The predicted octanol–water partition coefficient (Wildman–Crippen LogP) is 2.62. The Hall–Kier alpha value is -2.91. The molecule has 2 aliphatic rings. The van der Waals surface area contributed by atoms with Crippen molar-refractivity contribution in [3.8, 4) is 10.4 Å². The van der Waals surface area contributed by atoms with Crippen LogP contribution in [0.15, 0.2) is 30.3 Å². The van der Waals surface area contributed by atoms with Crippen molar-refractivity contribution in [1.82, 2.24) is 15.5 Å². The summed E-state index contributed by atoms with van der Waals surface area (Å²) in [6, 6.07) is 8.47. The van der Waals surface area contributed by atoms with Crippen molar-refractivity contribution in [2.75, 3.05) is 31.5 Å². The monoisotopic (exact) mass is 441 g/mol. The second-order valence-corrected chi connectivity index (χ2v) is 8.99. The number of carbonyl (C=O) groups excluding carboxylic acids is 3. The number of piperidine rings is 1. The van der Waals surface area contributed by atoms with Gasteiger partial charge >= 0.3 is 6.03 Å². The van der Waals surface area contributed by atoms with Crippen molar-refractivity contribution in [3.05, 3.63) is 41.5 Å². The Bertz CT molecular complexity index is 960. The second kappa shape index (κ2) is 9.49. The second-order valence-electron chi connectivity index (χ2n) is 7.94. The molecule has 1 aromatic carbocycles. The van der Waals surface area contributed by atoms with Crippen molar-refractivity contribution >= 4 is 34.2 Å². The van der Waals surface area contributed by atoms with Crippen LogP contribution in [0.5, 0.6) is 0 Å². The third-order valence-electron chi connectivity index (χ3n) is 5.66. The first-order chi connectivity index (χ1) is 15.0. The number of primary amides is 1. The minimum absolute atomic E-state index is 0.0486. The fraction of sp³-hybridized carbons (Fsp3) is 0.409. The van der Waals surface area contributed by atoms with Gasteiger partial charge in [0.15, 0.2) is 0 Å². The number of likely N-dealkylation sites (tertiary alicyclic amines) is 1. The first-order valence-corrected chi connectivity index (χ1v) is 11.4. The molecule has 0 bridgehead atoms. The van der Waals surface area contributed by atoms with E-state index in [1.807, 2.05) is 29.2 Å². The lowest BCUT2D eigenvalue weighted by atomic mass is 10.1. The molecule has 0 saturated carbocycles. The minimum Gasteiger partial charge on any atom is -0.351 e. The zero-order valence-electron chi connectivity index (χ0n) is 17.3. The highest BCUT2D eigenvalue weighted by molar-refractivity contribution is 7.20. The van der Waals surface area contributed by atoms with Crippen LogP contribution in [-0.2, 0) is 0 Å². The Morgan fingerprint density at radius 3 is 2.48 bits per heavy atom. The molecule has 1 atom stereocenters. The predicted molar refractivity (Wildman–Crippen MR) is 121 cm³/mol. The molecule has 31 heavy (non-hydrogen) atoms. The molecule has 0 aliphatic carbocycles. The quantitative estimate of drug-likeness (QED) is 0.571. The van der Waals surface area contributed by atoms with Crippen LogP contribution in [0.4, 0.5) is 9.80 Å². The van der Waals surface area contributed by atoms with Gasteiger partial charge in [0, 0.05) is 36.1 Å². The Kier molecular flexibility index (Phi) is 6.53. The summed E-state index contributed by atoms with van der Waals surface area (Å²) in [4.78, 5) is 39.6. The lowest BCUT2D eigenvalue weighted by Crippen LogP contribution is -2.45. The Morgan fingerprint density at radius 1 is 1.10 bits per heavy atom. The number of thiophene rings is 1. The van der Waals surface area contributed by atoms with Crippen LogP contribution in [0.3, 0.4) is 0 Å². The maximum absolute atomic E-state index is 12.9. The number of carbonyl (C=O) groups is 3. The molecule has 2 fully saturated rings. The lowest BCUT2D eigenvalue weighted by Gasteiger charge is -2.23. The van der Waals surface area contributed by atoms with Gasteiger partial charge in [0.05, 0.1) is 5.56 Å². The van der Waals surface area contributed by atoms with Crippen molar-refractivity contribution in [2.24, 2.45) is 5.73 Å². The minimum atomic E-state index is -0.714. The van der Waals surface area contributed by atoms with E-state index in [2.05, 4.69) is 16.0 Å². The topological polar surface area (TPSA) is 117 Å². The molecule has 2 saturated heterocycles. The molecule has 0 unspecified atom stereocenters. The average molecular weight is 442 g/mol. The molecule has 5 N–H and O–H groups in total. The Balaban J connectivity index is 1.54. The van der Waals surface area contributed by atoms with Gasteiger partial charge < -0.3 is 21.3 Å². The lowest BCUT2D eigenvalue weighted by molar-refractivity contribution is 0.0792. The number of nitrogens with one attached hydrogen (secondary N) is 3. The summed E-state index contributed by atoms with van der Waals surface area (Å²) in [5, 5.41) is 9.29. The van der Waals surface area contributed by atoms with E-state index in [0.29, 0.717) is 16.1 Å². The summed E-state index contributed by atoms with van der Waals surface area (Å²) in [7, 11) is 0. The van der Waals surface area contributed by atoms with Gasteiger partial charge in [-0.15, -0.1) is 11.3 Å². The Labute approximate surface area is 185 Å². The van der Waals surface area contributed by atoms with E-state index in [9.17, 15) is 14.4 Å². The van der Waals surface area contributed by atoms with Crippen LogP contribution >= 0.6 is 11.3 Å². The van der Waals surface area contributed by atoms with Gasteiger partial charge in [-0.3, -0.25) is 14.9 Å². The highest BCUT2D eigenvalue weighted by Crippen LogP contribution is 2.36. The molecule has 4 rings (SSSR count). The number of amides is 4. The number of urea groups is 1. The van der Waals surface area contributed by atoms with Crippen LogP contribution in [-0.4, -0.2) is 55.0 Å². The standard InChI is InChI=1S/C22H27N5O3S/c23-22(30)26-20-17(19(28)25-16-4-3-9-24-13-16)12-18(31-20)14-5-7-15(8-6-14)21(29)27-10-1-2-11-27/h5-8,12,16,24H,1-4,9-11,13H2,(H,25,28)(H3,23,26,30)/t16-/m0/s1. The van der Waals surface area contributed by atoms with E-state index in [1.54, 1.807) is 6.07 Å². The van der Waals surface area contributed by atoms with Crippen LogP contribution in [0, 0.1) is 0 Å². The van der Waals surface area contributed by atoms with Crippen molar-refractivity contribution in [2.45, 2.75) is 31.7 Å². The van der Waals surface area contributed by atoms with Crippen molar-refractivity contribution in [3.63, 3.8) is 0 Å². The Morgan fingerprint density at radius 2 is 1.84 bits per heavy atom. The van der Waals surface area contributed by atoms with Gasteiger partial charge in [0.1, 0.15) is 5.00 Å². The number of nitrogens with two attached hydrogens (primary N) is 1. The van der Waals surface area contributed by atoms with Gasteiger partial charge in [0.2, 0.25) is 0 Å². The summed E-state index contributed by atoms with van der Waals surface area (Å²) in [6.07, 6.45) is 4.03. The molecular weight excluding hydrogens is 414 g/mol. The maximum atomic E-state index is 12.9. The molecule has 0 radical (unpaired) electrons. The zero-order valence-corrected chi connectivity index (χ0v) is 18.1. The van der Waals surface area contributed by atoms with Crippen molar-refractivity contribution < 1.29 is 14.4 Å². The van der Waals surface area contributed by atoms with Gasteiger partial charge in [0.25, 0.3) is 11.8 Å². The smallest absolute Gasteiger partial charge is 0.317 e. The number of hydrogen-bond donors (Lipinski definition) is 4. The third kappa shape index (κ3) is 5.05. The fourth-order valence-corrected chi connectivity index (χ4v) is 5.09. The van der Waals surface area contributed by atoms with E-state index < -0.39 is 6.03 Å². The normalized spacial score (nSPS) is 18.6. The highest BCUT2D eigenvalue weighted by atomic mass is 32.1. The van der Waals surface area contributed by atoms with Crippen molar-refractivity contribution in [1.29, 1.82) is 0 Å². The molecule has 1 aromatic heterocycles. The van der Waals surface area contributed by atoms with Gasteiger partial charge in [-0.05, 0) is 56.0 Å². The summed E-state index contributed by atoms with van der Waals surface area (Å²) < 4.78 is 0. The van der Waals surface area contributed by atoms with E-state index in [-0.39, 0.29) is 17.9 Å². The number of benzene rings is 1. The number of anilines is 1. The molecular formula is C22H27N5O3S. The third-order valence-corrected chi connectivity index (χ3v) is 6.75. The molecule has 4 amide bonds. The van der Waals surface area contributed by atoms with Crippen LogP contribution < -0.4 is 21.7 Å². The summed E-state index contributed by atoms with van der Waals surface area (Å²) >= 11 is 1.29. The summed E-state index contributed by atoms with van der Waals surface area (Å²) in [5.74, 6) is -0.187. The van der Waals surface area contributed by atoms with E-state index in [4.69, 9.17) is 5.73 Å². The SMILES string of the molecule is NC(=O)Nc1sc(-c2ccc(C(=O)N3CCCC3)cc2)cc1C(=O)N[C@H]1CCCNC1. The maximum Gasteiger partial charge on any atom is 0.317 e. The fourth-order valence-electron chi connectivity index (χ4n) is 4.02. The van der Waals surface area contributed by atoms with Gasteiger partial charge in [-0.25, -0.2) is 4.79 Å². The average Bonchev–Trinajstić information content (AvgIpc) is 3.44. The molecule has 8 nitrogen and oxygen atoms in total. The zero-order chi connectivity index (χ0) is 21.8. The molecule has 0 spiro atoms. The number of rotatable bonds is 5. The molecule has 164 valence electrons. The number of nitrogens with zero attached hydrogens (tertiary/aromatic N) is 1.